The molecule has 7 heteroatoms. The van der Waals surface area contributed by atoms with Gasteiger partial charge in [-0.25, -0.2) is 4.98 Å². The van der Waals surface area contributed by atoms with Crippen molar-refractivity contribution >= 4 is 22.8 Å². The topological polar surface area (TPSA) is 78.0 Å². The van der Waals surface area contributed by atoms with Crippen LogP contribution < -0.4 is 4.90 Å². The molecule has 0 aliphatic carbocycles. The molecule has 1 amide bonds. The highest BCUT2D eigenvalue weighted by Crippen LogP contribution is 2.29. The van der Waals surface area contributed by atoms with E-state index in [4.69, 9.17) is 0 Å². The molecule has 3 aromatic rings. The van der Waals surface area contributed by atoms with E-state index in [1.165, 1.54) is 4.90 Å². The molecule has 1 fully saturated rings. The van der Waals surface area contributed by atoms with Crippen molar-refractivity contribution in [2.75, 3.05) is 32.1 Å². The Bertz CT molecular complexity index is 846. The van der Waals surface area contributed by atoms with Gasteiger partial charge in [0.1, 0.15) is 5.82 Å². The van der Waals surface area contributed by atoms with Gasteiger partial charge in [-0.1, -0.05) is 12.1 Å². The van der Waals surface area contributed by atoms with Crippen molar-refractivity contribution in [3.05, 3.63) is 47.9 Å². The van der Waals surface area contributed by atoms with Gasteiger partial charge in [-0.3, -0.25) is 4.79 Å². The molecule has 0 unspecified atom stereocenters. The second-order valence-electron chi connectivity index (χ2n) is 6.22. The number of imidazole rings is 1. The number of benzene rings is 1. The summed E-state index contributed by atoms with van der Waals surface area (Å²) >= 11 is 0. The first-order chi connectivity index (χ1) is 11.6. The average molecular weight is 322 g/mol. The van der Waals surface area contributed by atoms with Crippen molar-refractivity contribution in [1.29, 1.82) is 0 Å². The minimum Gasteiger partial charge on any atom is -0.354 e. The Morgan fingerprint density at radius 2 is 1.96 bits per heavy atom. The van der Waals surface area contributed by atoms with E-state index in [-0.39, 0.29) is 5.91 Å². The number of anilines is 1. The van der Waals surface area contributed by atoms with E-state index in [0.29, 0.717) is 11.6 Å². The Hall–Kier alpha value is -2.96. The average Bonchev–Trinajstić information content (AvgIpc) is 2.96. The Morgan fingerprint density at radius 1 is 1.17 bits per heavy atom. The van der Waals surface area contributed by atoms with Crippen LogP contribution in [0, 0.1) is 0 Å². The molecule has 24 heavy (non-hydrogen) atoms. The van der Waals surface area contributed by atoms with E-state index >= 15 is 0 Å². The predicted molar refractivity (Wildman–Crippen MR) is 91.1 cm³/mol. The maximum absolute atomic E-state index is 11.8. The molecule has 2 aromatic heterocycles. The smallest absolute Gasteiger partial charge is 0.273 e. The van der Waals surface area contributed by atoms with Crippen molar-refractivity contribution in [3.8, 4) is 0 Å². The lowest BCUT2D eigenvalue weighted by Crippen LogP contribution is -2.46. The number of aromatic nitrogens is 4. The lowest BCUT2D eigenvalue weighted by molar-refractivity contribution is 0.0821. The number of amides is 1. The Balaban J connectivity index is 1.44. The first-order valence-corrected chi connectivity index (χ1v) is 7.87. The fourth-order valence-electron chi connectivity index (χ4n) is 2.84. The fourth-order valence-corrected chi connectivity index (χ4v) is 2.84. The zero-order valence-electron chi connectivity index (χ0n) is 13.6. The van der Waals surface area contributed by atoms with Gasteiger partial charge >= 0.3 is 0 Å². The van der Waals surface area contributed by atoms with E-state index in [2.05, 4.69) is 25.1 Å². The summed E-state index contributed by atoms with van der Waals surface area (Å²) in [6.45, 7) is 1.69. The highest BCUT2D eigenvalue weighted by atomic mass is 16.2. The van der Waals surface area contributed by atoms with Crippen LogP contribution in [-0.2, 0) is 0 Å². The number of nitrogens with zero attached hydrogens (tertiary/aromatic N) is 5. The van der Waals surface area contributed by atoms with Crippen LogP contribution in [0.1, 0.15) is 22.2 Å². The van der Waals surface area contributed by atoms with Gasteiger partial charge in [-0.2, -0.15) is 0 Å². The first kappa shape index (κ1) is 14.6. The van der Waals surface area contributed by atoms with Crippen LogP contribution in [0.15, 0.2) is 36.4 Å². The third-order valence-corrected chi connectivity index (χ3v) is 4.28. The molecule has 7 nitrogen and oxygen atoms in total. The molecular formula is C17H18N6O. The number of fused-ring (bicyclic) bond motifs is 1. The van der Waals surface area contributed by atoms with E-state index in [0.717, 1.165) is 35.8 Å². The molecule has 1 N–H and O–H groups in total. The number of hydrogen-bond donors (Lipinski definition) is 1. The zero-order chi connectivity index (χ0) is 16.7. The van der Waals surface area contributed by atoms with E-state index in [9.17, 15) is 4.79 Å². The summed E-state index contributed by atoms with van der Waals surface area (Å²) in [6, 6.07) is 11.6. The second-order valence-corrected chi connectivity index (χ2v) is 6.22. The van der Waals surface area contributed by atoms with Crippen molar-refractivity contribution in [3.63, 3.8) is 0 Å². The molecule has 0 saturated carbocycles. The lowest BCUT2D eigenvalue weighted by Gasteiger charge is -2.38. The fraction of sp³-hybridized carbons (Fsp3) is 0.294. The number of carbonyl (C=O) groups excluding carboxylic acids is 1. The van der Waals surface area contributed by atoms with Gasteiger partial charge in [0.25, 0.3) is 5.91 Å². The normalized spacial score (nSPS) is 14.7. The van der Waals surface area contributed by atoms with Crippen molar-refractivity contribution in [2.24, 2.45) is 0 Å². The predicted octanol–water partition coefficient (Wildman–Crippen LogP) is 1.66. The summed E-state index contributed by atoms with van der Waals surface area (Å²) in [7, 11) is 3.40. The third kappa shape index (κ3) is 2.47. The summed E-state index contributed by atoms with van der Waals surface area (Å²) in [6.07, 6.45) is 0. The standard InChI is InChI=1S/C17H18N6O/c1-22(2)17(24)14-7-8-15(21-20-14)23-9-11(10-23)16-18-12-5-3-4-6-13(12)19-16/h3-8,11H,9-10H2,1-2H3,(H,18,19). The summed E-state index contributed by atoms with van der Waals surface area (Å²) in [4.78, 5) is 23.5. The highest BCUT2D eigenvalue weighted by Gasteiger charge is 2.31. The van der Waals surface area contributed by atoms with Gasteiger partial charge in [-0.15, -0.1) is 10.2 Å². The van der Waals surface area contributed by atoms with Gasteiger partial charge in [0.05, 0.1) is 17.0 Å². The minimum absolute atomic E-state index is 0.141. The third-order valence-electron chi connectivity index (χ3n) is 4.28. The molecule has 0 atom stereocenters. The molecule has 0 radical (unpaired) electrons. The number of rotatable bonds is 3. The van der Waals surface area contributed by atoms with Crippen LogP contribution in [0.25, 0.3) is 11.0 Å². The minimum atomic E-state index is -0.141. The van der Waals surface area contributed by atoms with Gasteiger partial charge in [0.2, 0.25) is 0 Å². The van der Waals surface area contributed by atoms with E-state index in [1.54, 1.807) is 20.2 Å². The SMILES string of the molecule is CN(C)C(=O)c1ccc(N2CC(c3nc4ccccc4[nH]3)C2)nn1. The quantitative estimate of drug-likeness (QED) is 0.793. The number of para-hydroxylation sites is 2. The number of H-pyrrole nitrogens is 1. The van der Waals surface area contributed by atoms with E-state index < -0.39 is 0 Å². The summed E-state index contributed by atoms with van der Waals surface area (Å²) in [5, 5.41) is 8.20. The molecule has 122 valence electrons. The summed E-state index contributed by atoms with van der Waals surface area (Å²) in [5.41, 5.74) is 2.42. The molecule has 0 spiro atoms. The molecular weight excluding hydrogens is 304 g/mol. The largest absolute Gasteiger partial charge is 0.354 e. The van der Waals surface area contributed by atoms with Crippen LogP contribution in [0.5, 0.6) is 0 Å². The Labute approximate surface area is 139 Å². The van der Waals surface area contributed by atoms with Gasteiger partial charge in [0, 0.05) is 27.2 Å². The monoisotopic (exact) mass is 322 g/mol. The second kappa shape index (κ2) is 5.59. The highest BCUT2D eigenvalue weighted by molar-refractivity contribution is 5.91. The van der Waals surface area contributed by atoms with Crippen molar-refractivity contribution in [1.82, 2.24) is 25.1 Å². The van der Waals surface area contributed by atoms with Crippen LogP contribution in [-0.4, -0.2) is 58.2 Å². The van der Waals surface area contributed by atoms with Gasteiger partial charge in [0.15, 0.2) is 11.5 Å². The molecule has 1 aliphatic heterocycles. The number of carbonyl (C=O) groups is 1. The Morgan fingerprint density at radius 3 is 2.62 bits per heavy atom. The van der Waals surface area contributed by atoms with E-state index in [1.807, 2.05) is 30.3 Å². The van der Waals surface area contributed by atoms with Crippen LogP contribution >= 0.6 is 0 Å². The molecule has 4 rings (SSSR count). The number of nitrogens with one attached hydrogen (secondary N) is 1. The molecule has 1 aliphatic rings. The van der Waals surface area contributed by atoms with Gasteiger partial charge in [-0.05, 0) is 24.3 Å². The lowest BCUT2D eigenvalue weighted by atomic mass is 9.99. The molecule has 1 aromatic carbocycles. The molecule has 1 saturated heterocycles. The van der Waals surface area contributed by atoms with Crippen molar-refractivity contribution in [2.45, 2.75) is 5.92 Å². The Kier molecular flexibility index (Phi) is 3.41. The van der Waals surface area contributed by atoms with Crippen molar-refractivity contribution < 1.29 is 4.79 Å². The summed E-state index contributed by atoms with van der Waals surface area (Å²) in [5.74, 6) is 2.03. The molecule has 3 heterocycles. The maximum atomic E-state index is 11.8. The zero-order valence-corrected chi connectivity index (χ0v) is 13.6. The van der Waals surface area contributed by atoms with Gasteiger partial charge < -0.3 is 14.8 Å². The number of aromatic amines is 1. The van der Waals surface area contributed by atoms with Crippen LogP contribution in [0.3, 0.4) is 0 Å². The number of hydrogen-bond acceptors (Lipinski definition) is 5. The van der Waals surface area contributed by atoms with Crippen LogP contribution in [0.2, 0.25) is 0 Å². The molecule has 0 bridgehead atoms. The maximum Gasteiger partial charge on any atom is 0.273 e. The van der Waals surface area contributed by atoms with Crippen LogP contribution in [0.4, 0.5) is 5.82 Å². The summed E-state index contributed by atoms with van der Waals surface area (Å²) < 4.78 is 0. The first-order valence-electron chi connectivity index (χ1n) is 7.87.